The summed E-state index contributed by atoms with van der Waals surface area (Å²) in [6.45, 7) is 3.96. The summed E-state index contributed by atoms with van der Waals surface area (Å²) in [5.41, 5.74) is 8.12. The molecule has 0 spiro atoms. The number of anilines is 1. The van der Waals surface area contributed by atoms with Crippen molar-refractivity contribution in [2.45, 2.75) is 18.9 Å². The highest BCUT2D eigenvalue weighted by atomic mass is 16.5. The highest BCUT2D eigenvalue weighted by Crippen LogP contribution is 2.26. The second-order valence-corrected chi connectivity index (χ2v) is 6.94. The van der Waals surface area contributed by atoms with Crippen LogP contribution < -0.4 is 10.6 Å². The van der Waals surface area contributed by atoms with Gasteiger partial charge < -0.3 is 20.3 Å². The summed E-state index contributed by atoms with van der Waals surface area (Å²) in [6.07, 6.45) is 2.03. The van der Waals surface area contributed by atoms with E-state index >= 15 is 0 Å². The predicted octanol–water partition coefficient (Wildman–Crippen LogP) is 0.0837. The zero-order chi connectivity index (χ0) is 18.5. The number of rotatable bonds is 5. The third-order valence-corrected chi connectivity index (χ3v) is 5.12. The standard InChI is InChI=1S/C19H28N4O3/c1-26-14-16(20)19(25)22-11-9-21(10-12-22)13-18(24)23-8-4-6-15-5-2-3-7-17(15)23/h2-3,5,7,16H,4,6,8-14,20H2,1H3. The van der Waals surface area contributed by atoms with E-state index in [-0.39, 0.29) is 18.4 Å². The molecular weight excluding hydrogens is 332 g/mol. The zero-order valence-corrected chi connectivity index (χ0v) is 15.4. The summed E-state index contributed by atoms with van der Waals surface area (Å²) in [5.74, 6) is 0.0517. The van der Waals surface area contributed by atoms with Crippen LogP contribution in [0, 0.1) is 0 Å². The first-order chi connectivity index (χ1) is 12.6. The van der Waals surface area contributed by atoms with E-state index in [9.17, 15) is 9.59 Å². The first-order valence-corrected chi connectivity index (χ1v) is 9.24. The Labute approximate surface area is 154 Å². The maximum absolute atomic E-state index is 12.8. The van der Waals surface area contributed by atoms with Crippen molar-refractivity contribution in [3.8, 4) is 0 Å². The summed E-state index contributed by atoms with van der Waals surface area (Å²) < 4.78 is 4.95. The Bertz CT molecular complexity index is 643. The van der Waals surface area contributed by atoms with Crippen molar-refractivity contribution in [3.05, 3.63) is 29.8 Å². The van der Waals surface area contributed by atoms with Gasteiger partial charge in [0.25, 0.3) is 0 Å². The molecule has 2 amide bonds. The molecule has 1 saturated heterocycles. The number of piperazine rings is 1. The molecule has 0 saturated carbocycles. The van der Waals surface area contributed by atoms with Gasteiger partial charge in [-0.1, -0.05) is 18.2 Å². The van der Waals surface area contributed by atoms with E-state index in [4.69, 9.17) is 10.5 Å². The molecule has 1 aromatic rings. The number of hydrogen-bond donors (Lipinski definition) is 1. The number of nitrogens with two attached hydrogens (primary N) is 1. The number of ether oxygens (including phenoxy) is 1. The first kappa shape index (κ1) is 18.8. The number of aryl methyl sites for hydroxylation is 1. The van der Waals surface area contributed by atoms with E-state index in [1.54, 1.807) is 4.90 Å². The number of methoxy groups -OCH3 is 1. The van der Waals surface area contributed by atoms with Gasteiger partial charge >= 0.3 is 0 Å². The summed E-state index contributed by atoms with van der Waals surface area (Å²) in [7, 11) is 1.54. The van der Waals surface area contributed by atoms with Gasteiger partial charge in [-0.05, 0) is 24.5 Å². The summed E-state index contributed by atoms with van der Waals surface area (Å²) in [4.78, 5) is 30.8. The fourth-order valence-electron chi connectivity index (χ4n) is 3.68. The molecular formula is C19H28N4O3. The Morgan fingerprint density at radius 1 is 1.15 bits per heavy atom. The number of nitrogens with zero attached hydrogens (tertiary/aromatic N) is 3. The molecule has 1 fully saturated rings. The average Bonchev–Trinajstić information content (AvgIpc) is 2.67. The fraction of sp³-hybridized carbons (Fsp3) is 0.579. The largest absolute Gasteiger partial charge is 0.383 e. The number of carbonyl (C=O) groups excluding carboxylic acids is 2. The van der Waals surface area contributed by atoms with Crippen LogP contribution in [0.15, 0.2) is 24.3 Å². The van der Waals surface area contributed by atoms with Crippen LogP contribution in [-0.2, 0) is 20.7 Å². The molecule has 2 N–H and O–H groups in total. The molecule has 0 radical (unpaired) electrons. The molecule has 3 rings (SSSR count). The van der Waals surface area contributed by atoms with Crippen molar-refractivity contribution < 1.29 is 14.3 Å². The van der Waals surface area contributed by atoms with Gasteiger partial charge in [0, 0.05) is 45.5 Å². The molecule has 0 aliphatic carbocycles. The van der Waals surface area contributed by atoms with Crippen LogP contribution in [-0.4, -0.2) is 80.6 Å². The molecule has 2 heterocycles. The number of fused-ring (bicyclic) bond motifs is 1. The van der Waals surface area contributed by atoms with Crippen molar-refractivity contribution in [1.82, 2.24) is 9.80 Å². The van der Waals surface area contributed by atoms with E-state index in [1.807, 2.05) is 23.1 Å². The first-order valence-electron chi connectivity index (χ1n) is 9.24. The number of amides is 2. The molecule has 0 bridgehead atoms. The lowest BCUT2D eigenvalue weighted by atomic mass is 10.0. The highest BCUT2D eigenvalue weighted by molar-refractivity contribution is 5.96. The van der Waals surface area contributed by atoms with Crippen LogP contribution in [0.4, 0.5) is 5.69 Å². The third kappa shape index (κ3) is 4.23. The lowest BCUT2D eigenvalue weighted by Crippen LogP contribution is -2.55. The Hall–Kier alpha value is -1.96. The molecule has 7 nitrogen and oxygen atoms in total. The van der Waals surface area contributed by atoms with Gasteiger partial charge in [0.05, 0.1) is 13.2 Å². The molecule has 2 aliphatic heterocycles. The Kier molecular flexibility index (Phi) is 6.24. The maximum Gasteiger partial charge on any atom is 0.241 e. The Morgan fingerprint density at radius 2 is 1.88 bits per heavy atom. The van der Waals surface area contributed by atoms with Crippen LogP contribution in [0.3, 0.4) is 0 Å². The van der Waals surface area contributed by atoms with Crippen LogP contribution in [0.5, 0.6) is 0 Å². The number of hydrogen-bond acceptors (Lipinski definition) is 5. The normalized spacial score (nSPS) is 19.2. The second-order valence-electron chi connectivity index (χ2n) is 6.94. The molecule has 142 valence electrons. The monoisotopic (exact) mass is 360 g/mol. The molecule has 2 aliphatic rings. The average molecular weight is 360 g/mol. The minimum Gasteiger partial charge on any atom is -0.383 e. The lowest BCUT2D eigenvalue weighted by molar-refractivity contribution is -0.135. The minimum atomic E-state index is -0.613. The van der Waals surface area contributed by atoms with Crippen LogP contribution in [0.25, 0.3) is 0 Å². The van der Waals surface area contributed by atoms with Crippen LogP contribution >= 0.6 is 0 Å². The quantitative estimate of drug-likeness (QED) is 0.805. The van der Waals surface area contributed by atoms with Gasteiger partial charge in [0.2, 0.25) is 11.8 Å². The van der Waals surface area contributed by atoms with Gasteiger partial charge in [-0.3, -0.25) is 14.5 Å². The molecule has 1 atom stereocenters. The van der Waals surface area contributed by atoms with Gasteiger partial charge in [0.15, 0.2) is 0 Å². The Morgan fingerprint density at radius 3 is 2.62 bits per heavy atom. The molecule has 0 aromatic heterocycles. The maximum atomic E-state index is 12.8. The number of benzene rings is 1. The summed E-state index contributed by atoms with van der Waals surface area (Å²) in [6, 6.07) is 7.52. The highest BCUT2D eigenvalue weighted by Gasteiger charge is 2.28. The SMILES string of the molecule is COCC(N)C(=O)N1CCN(CC(=O)N2CCCc3ccccc32)CC1. The second kappa shape index (κ2) is 8.62. The lowest BCUT2D eigenvalue weighted by Gasteiger charge is -2.37. The topological polar surface area (TPSA) is 79.1 Å². The Balaban J connectivity index is 1.52. The van der Waals surface area contributed by atoms with Crippen molar-refractivity contribution in [1.29, 1.82) is 0 Å². The third-order valence-electron chi connectivity index (χ3n) is 5.12. The van der Waals surface area contributed by atoms with Gasteiger partial charge in [-0.25, -0.2) is 0 Å². The molecule has 7 heteroatoms. The molecule has 26 heavy (non-hydrogen) atoms. The van der Waals surface area contributed by atoms with E-state index in [1.165, 1.54) is 12.7 Å². The fourth-order valence-corrected chi connectivity index (χ4v) is 3.68. The van der Waals surface area contributed by atoms with Gasteiger partial charge in [0.1, 0.15) is 6.04 Å². The zero-order valence-electron chi connectivity index (χ0n) is 15.4. The van der Waals surface area contributed by atoms with Crippen molar-refractivity contribution in [3.63, 3.8) is 0 Å². The van der Waals surface area contributed by atoms with Gasteiger partial charge in [-0.15, -0.1) is 0 Å². The van der Waals surface area contributed by atoms with E-state index in [0.717, 1.165) is 25.1 Å². The van der Waals surface area contributed by atoms with Crippen molar-refractivity contribution in [2.24, 2.45) is 5.73 Å². The van der Waals surface area contributed by atoms with Gasteiger partial charge in [-0.2, -0.15) is 0 Å². The number of carbonyl (C=O) groups is 2. The van der Waals surface area contributed by atoms with Crippen molar-refractivity contribution in [2.75, 3.05) is 57.9 Å². The summed E-state index contributed by atoms with van der Waals surface area (Å²) in [5, 5.41) is 0. The number of para-hydroxylation sites is 1. The van der Waals surface area contributed by atoms with E-state index < -0.39 is 6.04 Å². The smallest absolute Gasteiger partial charge is 0.241 e. The summed E-state index contributed by atoms with van der Waals surface area (Å²) >= 11 is 0. The van der Waals surface area contributed by atoms with E-state index in [0.29, 0.717) is 32.7 Å². The van der Waals surface area contributed by atoms with E-state index in [2.05, 4.69) is 11.0 Å². The van der Waals surface area contributed by atoms with Crippen LogP contribution in [0.2, 0.25) is 0 Å². The molecule has 1 unspecified atom stereocenters. The van der Waals surface area contributed by atoms with Crippen LogP contribution in [0.1, 0.15) is 12.0 Å². The predicted molar refractivity (Wildman–Crippen MR) is 100.0 cm³/mol. The van der Waals surface area contributed by atoms with Crippen molar-refractivity contribution >= 4 is 17.5 Å². The molecule has 1 aromatic carbocycles. The minimum absolute atomic E-state index is 0.0808.